The van der Waals surface area contributed by atoms with Crippen LogP contribution < -0.4 is 0 Å². The number of hydrogen-bond donors (Lipinski definition) is 0. The van der Waals surface area contributed by atoms with Gasteiger partial charge >= 0.3 is 0 Å². The Morgan fingerprint density at radius 1 is 1.22 bits per heavy atom. The van der Waals surface area contributed by atoms with Gasteiger partial charge in [0.1, 0.15) is 0 Å². The number of nitrogens with zero attached hydrogens (tertiary/aromatic N) is 3. The van der Waals surface area contributed by atoms with E-state index in [2.05, 4.69) is 16.0 Å². The molecule has 3 rings (SSSR count). The van der Waals surface area contributed by atoms with Crippen molar-refractivity contribution in [2.75, 3.05) is 26.7 Å². The maximum Gasteiger partial charge on any atom is 0.246 e. The van der Waals surface area contributed by atoms with Crippen molar-refractivity contribution in [3.05, 3.63) is 71.0 Å². The molecule has 0 spiro atoms. The summed E-state index contributed by atoms with van der Waals surface area (Å²) in [5.41, 5.74) is 2.12. The second-order valence-electron chi connectivity index (χ2n) is 6.98. The number of aromatic nitrogens is 1. The third-order valence-corrected chi connectivity index (χ3v) is 5.40. The fourth-order valence-corrected chi connectivity index (χ4v) is 3.51. The summed E-state index contributed by atoms with van der Waals surface area (Å²) in [4.78, 5) is 21.2. The van der Waals surface area contributed by atoms with Gasteiger partial charge < -0.3 is 9.80 Å². The molecule has 0 aliphatic carbocycles. The number of pyridine rings is 1. The van der Waals surface area contributed by atoms with Gasteiger partial charge in [-0.3, -0.25) is 9.78 Å². The summed E-state index contributed by atoms with van der Waals surface area (Å²) in [5, 5.41) is 0.699. The van der Waals surface area contributed by atoms with Gasteiger partial charge in [0.25, 0.3) is 0 Å². The first kappa shape index (κ1) is 19.6. The number of amides is 1. The molecule has 1 aromatic carbocycles. The lowest BCUT2D eigenvalue weighted by Crippen LogP contribution is -2.45. The van der Waals surface area contributed by atoms with Gasteiger partial charge in [-0.05, 0) is 48.7 Å². The number of hydrogen-bond acceptors (Lipinski definition) is 3. The summed E-state index contributed by atoms with van der Waals surface area (Å²) in [6.45, 7) is 3.07. The Kier molecular flexibility index (Phi) is 7.02. The Hall–Kier alpha value is -2.17. The van der Waals surface area contributed by atoms with Crippen LogP contribution in [0.25, 0.3) is 6.08 Å². The van der Waals surface area contributed by atoms with Crippen LogP contribution in [-0.2, 0) is 11.2 Å². The van der Waals surface area contributed by atoms with Crippen LogP contribution in [0.1, 0.15) is 24.1 Å². The number of benzene rings is 1. The third kappa shape index (κ3) is 5.91. The molecular weight excluding hydrogens is 358 g/mol. The van der Waals surface area contributed by atoms with Crippen LogP contribution >= 0.6 is 11.6 Å². The fourth-order valence-electron chi connectivity index (χ4n) is 3.39. The van der Waals surface area contributed by atoms with E-state index in [-0.39, 0.29) is 5.91 Å². The number of halogens is 1. The molecule has 5 heteroatoms. The van der Waals surface area contributed by atoms with E-state index in [1.807, 2.05) is 60.6 Å². The van der Waals surface area contributed by atoms with Crippen molar-refractivity contribution in [1.29, 1.82) is 0 Å². The lowest BCUT2D eigenvalue weighted by Gasteiger charge is -2.36. The molecule has 142 valence electrons. The minimum absolute atomic E-state index is 0.0527. The van der Waals surface area contributed by atoms with Crippen LogP contribution in [-0.4, -0.2) is 53.4 Å². The molecule has 1 aliphatic rings. The molecule has 1 aromatic heterocycles. The van der Waals surface area contributed by atoms with Crippen LogP contribution in [0.15, 0.2) is 54.7 Å². The van der Waals surface area contributed by atoms with E-state index in [0.29, 0.717) is 11.1 Å². The topological polar surface area (TPSA) is 36.4 Å². The van der Waals surface area contributed by atoms with Gasteiger partial charge in [-0.25, -0.2) is 0 Å². The van der Waals surface area contributed by atoms with Crippen LogP contribution in [0.5, 0.6) is 0 Å². The zero-order valence-corrected chi connectivity index (χ0v) is 16.5. The van der Waals surface area contributed by atoms with Crippen molar-refractivity contribution in [2.45, 2.75) is 25.3 Å². The normalized spacial score (nSPS) is 15.9. The van der Waals surface area contributed by atoms with Crippen molar-refractivity contribution < 1.29 is 4.79 Å². The first-order valence-corrected chi connectivity index (χ1v) is 9.82. The van der Waals surface area contributed by atoms with E-state index in [1.165, 1.54) is 0 Å². The SMILES string of the molecule is CN(C(=O)/C=C/c1ccc(Cl)cc1)C1CCN(CCc2ccccn2)CC1. The predicted molar refractivity (Wildman–Crippen MR) is 111 cm³/mol. The van der Waals surface area contributed by atoms with Crippen molar-refractivity contribution in [1.82, 2.24) is 14.8 Å². The predicted octanol–water partition coefficient (Wildman–Crippen LogP) is 3.91. The molecule has 0 radical (unpaired) electrons. The summed E-state index contributed by atoms with van der Waals surface area (Å²) in [7, 11) is 1.91. The maximum absolute atomic E-state index is 12.5. The molecule has 27 heavy (non-hydrogen) atoms. The molecule has 1 fully saturated rings. The molecular formula is C22H26ClN3O. The van der Waals surface area contributed by atoms with Crippen molar-refractivity contribution in [3.63, 3.8) is 0 Å². The number of likely N-dealkylation sites (tertiary alicyclic amines) is 1. The van der Waals surface area contributed by atoms with E-state index in [0.717, 1.165) is 50.2 Å². The van der Waals surface area contributed by atoms with Gasteiger partial charge in [-0.1, -0.05) is 29.8 Å². The minimum Gasteiger partial charge on any atom is -0.339 e. The molecule has 0 saturated carbocycles. The Balaban J connectivity index is 1.44. The monoisotopic (exact) mass is 383 g/mol. The third-order valence-electron chi connectivity index (χ3n) is 5.15. The lowest BCUT2D eigenvalue weighted by molar-refractivity contribution is -0.127. The van der Waals surface area contributed by atoms with Crippen LogP contribution in [0, 0.1) is 0 Å². The standard InChI is InChI=1S/C22H26ClN3O/c1-25(22(27)10-7-18-5-8-19(23)9-6-18)21-12-16-26(17-13-21)15-11-20-4-2-3-14-24-20/h2-10,14,21H,11-13,15-17H2,1H3/b10-7+. The van der Waals surface area contributed by atoms with Gasteiger partial charge in [0.15, 0.2) is 0 Å². The summed E-state index contributed by atoms with van der Waals surface area (Å²) in [6, 6.07) is 13.8. The molecule has 1 saturated heterocycles. The van der Waals surface area contributed by atoms with Crippen molar-refractivity contribution >= 4 is 23.6 Å². The van der Waals surface area contributed by atoms with E-state index in [4.69, 9.17) is 11.6 Å². The molecule has 0 bridgehead atoms. The summed E-state index contributed by atoms with van der Waals surface area (Å²) in [5.74, 6) is 0.0527. The average molecular weight is 384 g/mol. The Morgan fingerprint density at radius 3 is 2.63 bits per heavy atom. The smallest absolute Gasteiger partial charge is 0.246 e. The quantitative estimate of drug-likeness (QED) is 0.709. The number of carbonyl (C=O) groups excluding carboxylic acids is 1. The van der Waals surface area contributed by atoms with Crippen molar-refractivity contribution in [3.8, 4) is 0 Å². The Bertz CT molecular complexity index is 753. The van der Waals surface area contributed by atoms with E-state index in [1.54, 1.807) is 6.08 Å². The largest absolute Gasteiger partial charge is 0.339 e. The number of carbonyl (C=O) groups is 1. The van der Waals surface area contributed by atoms with Crippen LogP contribution in [0.2, 0.25) is 5.02 Å². The molecule has 2 heterocycles. The Morgan fingerprint density at radius 2 is 1.96 bits per heavy atom. The van der Waals surface area contributed by atoms with E-state index < -0.39 is 0 Å². The number of rotatable bonds is 6. The van der Waals surface area contributed by atoms with Gasteiger partial charge in [-0.15, -0.1) is 0 Å². The first-order chi connectivity index (χ1) is 13.1. The zero-order valence-electron chi connectivity index (χ0n) is 15.7. The van der Waals surface area contributed by atoms with Gasteiger partial charge in [-0.2, -0.15) is 0 Å². The average Bonchev–Trinajstić information content (AvgIpc) is 2.72. The molecule has 0 unspecified atom stereocenters. The highest BCUT2D eigenvalue weighted by atomic mass is 35.5. The molecule has 0 atom stereocenters. The van der Waals surface area contributed by atoms with Gasteiger partial charge in [0.2, 0.25) is 5.91 Å². The highest BCUT2D eigenvalue weighted by Crippen LogP contribution is 2.17. The molecule has 1 amide bonds. The van der Waals surface area contributed by atoms with E-state index in [9.17, 15) is 4.79 Å². The summed E-state index contributed by atoms with van der Waals surface area (Å²) in [6.07, 6.45) is 8.34. The summed E-state index contributed by atoms with van der Waals surface area (Å²) >= 11 is 5.89. The minimum atomic E-state index is 0.0527. The summed E-state index contributed by atoms with van der Waals surface area (Å²) < 4.78 is 0. The number of piperidine rings is 1. The lowest BCUT2D eigenvalue weighted by atomic mass is 10.0. The van der Waals surface area contributed by atoms with E-state index >= 15 is 0 Å². The zero-order chi connectivity index (χ0) is 19.1. The van der Waals surface area contributed by atoms with Gasteiger partial charge in [0.05, 0.1) is 0 Å². The molecule has 2 aromatic rings. The highest BCUT2D eigenvalue weighted by molar-refractivity contribution is 6.30. The first-order valence-electron chi connectivity index (χ1n) is 9.44. The second-order valence-corrected chi connectivity index (χ2v) is 7.41. The molecule has 0 N–H and O–H groups in total. The maximum atomic E-state index is 12.5. The van der Waals surface area contributed by atoms with Gasteiger partial charge in [0, 0.05) is 62.1 Å². The number of likely N-dealkylation sites (N-methyl/N-ethyl adjacent to an activating group) is 1. The van der Waals surface area contributed by atoms with Crippen molar-refractivity contribution in [2.24, 2.45) is 0 Å². The highest BCUT2D eigenvalue weighted by Gasteiger charge is 2.24. The van der Waals surface area contributed by atoms with Crippen LogP contribution in [0.3, 0.4) is 0 Å². The molecule has 1 aliphatic heterocycles. The molecule has 4 nitrogen and oxygen atoms in total. The second kappa shape index (κ2) is 9.67. The Labute approximate surface area is 166 Å². The fraction of sp³-hybridized carbons (Fsp3) is 0.364. The van der Waals surface area contributed by atoms with Crippen LogP contribution in [0.4, 0.5) is 0 Å².